The molecular formula is C25H31N3O2S. The first-order valence-corrected chi connectivity index (χ1v) is 12.0. The van der Waals surface area contributed by atoms with Crippen LogP contribution in [-0.2, 0) is 0 Å². The predicted molar refractivity (Wildman–Crippen MR) is 129 cm³/mol. The van der Waals surface area contributed by atoms with Gasteiger partial charge in [-0.1, -0.05) is 37.2 Å². The van der Waals surface area contributed by atoms with Gasteiger partial charge in [0.25, 0.3) is 5.91 Å². The van der Waals surface area contributed by atoms with Crippen LogP contribution in [0.5, 0.6) is 5.75 Å². The Kier molecular flexibility index (Phi) is 6.76. The number of ether oxygens (including phenoxy) is 1. The van der Waals surface area contributed by atoms with Crippen LogP contribution in [0.25, 0.3) is 10.2 Å². The molecule has 1 saturated heterocycles. The molecule has 0 unspecified atom stereocenters. The fourth-order valence-corrected chi connectivity index (χ4v) is 4.94. The van der Waals surface area contributed by atoms with Gasteiger partial charge in [-0.15, -0.1) is 0 Å². The number of nitrogens with zero attached hydrogens (tertiary/aromatic N) is 3. The number of aromatic nitrogens is 1. The zero-order chi connectivity index (χ0) is 21.8. The van der Waals surface area contributed by atoms with Gasteiger partial charge in [-0.25, -0.2) is 4.98 Å². The summed E-state index contributed by atoms with van der Waals surface area (Å²) in [6, 6.07) is 12.0. The zero-order valence-electron chi connectivity index (χ0n) is 18.7. The topological polar surface area (TPSA) is 45.7 Å². The Hall–Kier alpha value is -2.60. The maximum absolute atomic E-state index is 13.0. The molecule has 1 aliphatic rings. The lowest BCUT2D eigenvalue weighted by Gasteiger charge is -2.34. The van der Waals surface area contributed by atoms with Gasteiger partial charge < -0.3 is 14.5 Å². The Bertz CT molecular complexity index is 1020. The summed E-state index contributed by atoms with van der Waals surface area (Å²) in [4.78, 5) is 22.1. The van der Waals surface area contributed by atoms with Crippen LogP contribution in [0.1, 0.15) is 47.7 Å². The van der Waals surface area contributed by atoms with E-state index in [9.17, 15) is 4.79 Å². The zero-order valence-corrected chi connectivity index (χ0v) is 19.5. The molecule has 31 heavy (non-hydrogen) atoms. The standard InChI is InChI=1S/C25H31N3O2S/c1-4-5-6-14-30-21-9-7-8-20(17-21)24(29)27-10-12-28(13-11-27)25-26-22-15-18(2)19(3)16-23(22)31-25/h7-9,15-17H,4-6,10-14H2,1-3H3. The van der Waals surface area contributed by atoms with Crippen molar-refractivity contribution in [2.24, 2.45) is 0 Å². The highest BCUT2D eigenvalue weighted by Gasteiger charge is 2.24. The Morgan fingerprint density at radius 3 is 2.61 bits per heavy atom. The minimum Gasteiger partial charge on any atom is -0.494 e. The summed E-state index contributed by atoms with van der Waals surface area (Å²) in [5.74, 6) is 0.856. The number of carbonyl (C=O) groups excluding carboxylic acids is 1. The van der Waals surface area contributed by atoms with Crippen molar-refractivity contribution in [3.63, 3.8) is 0 Å². The molecule has 4 rings (SSSR count). The monoisotopic (exact) mass is 437 g/mol. The summed E-state index contributed by atoms with van der Waals surface area (Å²) in [6.45, 7) is 10.2. The maximum Gasteiger partial charge on any atom is 0.254 e. The smallest absolute Gasteiger partial charge is 0.254 e. The van der Waals surface area contributed by atoms with Gasteiger partial charge in [0.2, 0.25) is 0 Å². The van der Waals surface area contributed by atoms with E-state index < -0.39 is 0 Å². The third-order valence-corrected chi connectivity index (χ3v) is 7.01. The number of piperazine rings is 1. The molecule has 1 amide bonds. The average molecular weight is 438 g/mol. The number of benzene rings is 2. The van der Waals surface area contributed by atoms with E-state index in [1.54, 1.807) is 11.3 Å². The van der Waals surface area contributed by atoms with Crippen LogP contribution in [0.4, 0.5) is 5.13 Å². The summed E-state index contributed by atoms with van der Waals surface area (Å²) in [7, 11) is 0. The van der Waals surface area contributed by atoms with Gasteiger partial charge in [-0.2, -0.15) is 0 Å². The fourth-order valence-electron chi connectivity index (χ4n) is 3.85. The lowest BCUT2D eigenvalue weighted by molar-refractivity contribution is 0.0746. The molecule has 1 aliphatic heterocycles. The van der Waals surface area contributed by atoms with Crippen LogP contribution in [0.2, 0.25) is 0 Å². The normalized spacial score (nSPS) is 14.3. The van der Waals surface area contributed by atoms with Crippen molar-refractivity contribution in [1.29, 1.82) is 0 Å². The van der Waals surface area contributed by atoms with E-state index in [0.29, 0.717) is 25.3 Å². The molecule has 0 atom stereocenters. The molecule has 0 bridgehead atoms. The second kappa shape index (κ2) is 9.69. The largest absolute Gasteiger partial charge is 0.494 e. The Balaban J connectivity index is 1.37. The number of fused-ring (bicyclic) bond motifs is 1. The molecule has 0 spiro atoms. The third kappa shape index (κ3) is 5.01. The minimum atomic E-state index is 0.0780. The number of anilines is 1. The Morgan fingerprint density at radius 2 is 1.84 bits per heavy atom. The number of aryl methyl sites for hydroxylation is 2. The minimum absolute atomic E-state index is 0.0780. The number of unbranched alkanes of at least 4 members (excludes halogenated alkanes) is 2. The number of hydrogen-bond acceptors (Lipinski definition) is 5. The lowest BCUT2D eigenvalue weighted by Crippen LogP contribution is -2.48. The quantitative estimate of drug-likeness (QED) is 0.462. The van der Waals surface area contributed by atoms with Crippen molar-refractivity contribution in [3.05, 3.63) is 53.1 Å². The van der Waals surface area contributed by atoms with Gasteiger partial charge >= 0.3 is 0 Å². The van der Waals surface area contributed by atoms with Crippen molar-refractivity contribution >= 4 is 32.6 Å². The maximum atomic E-state index is 13.0. The third-order valence-electron chi connectivity index (χ3n) is 5.93. The summed E-state index contributed by atoms with van der Waals surface area (Å²) >= 11 is 1.74. The number of rotatable bonds is 7. The van der Waals surface area contributed by atoms with Gasteiger partial charge in [0, 0.05) is 31.7 Å². The van der Waals surface area contributed by atoms with Crippen LogP contribution >= 0.6 is 11.3 Å². The van der Waals surface area contributed by atoms with Crippen LogP contribution in [0.3, 0.4) is 0 Å². The van der Waals surface area contributed by atoms with Crippen LogP contribution < -0.4 is 9.64 Å². The molecule has 1 aromatic heterocycles. The molecule has 5 nitrogen and oxygen atoms in total. The molecule has 6 heteroatoms. The summed E-state index contributed by atoms with van der Waals surface area (Å²) < 4.78 is 7.05. The Labute approximate surface area is 188 Å². The predicted octanol–water partition coefficient (Wildman–Crippen LogP) is 5.44. The average Bonchev–Trinajstić information content (AvgIpc) is 3.19. The molecule has 2 heterocycles. The van der Waals surface area contributed by atoms with Crippen LogP contribution in [0, 0.1) is 13.8 Å². The van der Waals surface area contributed by atoms with Gasteiger partial charge in [-0.05, 0) is 61.7 Å². The first-order valence-electron chi connectivity index (χ1n) is 11.2. The molecule has 2 aromatic carbocycles. The summed E-state index contributed by atoms with van der Waals surface area (Å²) in [6.07, 6.45) is 3.38. The molecule has 164 valence electrons. The number of amides is 1. The first kappa shape index (κ1) is 21.6. The van der Waals surface area contributed by atoms with Crippen molar-refractivity contribution in [1.82, 2.24) is 9.88 Å². The van der Waals surface area contributed by atoms with E-state index in [0.717, 1.165) is 42.3 Å². The van der Waals surface area contributed by atoms with Crippen molar-refractivity contribution in [2.45, 2.75) is 40.0 Å². The highest BCUT2D eigenvalue weighted by atomic mass is 32.1. The SMILES string of the molecule is CCCCCOc1cccc(C(=O)N2CCN(c3nc4cc(C)c(C)cc4s3)CC2)c1. The molecule has 0 saturated carbocycles. The first-order chi connectivity index (χ1) is 15.0. The molecule has 1 fully saturated rings. The summed E-state index contributed by atoms with van der Waals surface area (Å²) in [5, 5.41) is 1.05. The van der Waals surface area contributed by atoms with E-state index in [1.165, 1.54) is 22.2 Å². The second-order valence-electron chi connectivity index (χ2n) is 8.26. The van der Waals surface area contributed by atoms with E-state index >= 15 is 0 Å². The van der Waals surface area contributed by atoms with Crippen LogP contribution in [-0.4, -0.2) is 48.6 Å². The van der Waals surface area contributed by atoms with Gasteiger partial charge in [0.15, 0.2) is 5.13 Å². The molecule has 0 N–H and O–H groups in total. The van der Waals surface area contributed by atoms with Crippen molar-refractivity contribution in [3.8, 4) is 5.75 Å². The van der Waals surface area contributed by atoms with Crippen LogP contribution in [0.15, 0.2) is 36.4 Å². The van der Waals surface area contributed by atoms with Gasteiger partial charge in [0.05, 0.1) is 16.8 Å². The highest BCUT2D eigenvalue weighted by Crippen LogP contribution is 2.31. The fraction of sp³-hybridized carbons (Fsp3) is 0.440. The molecular weight excluding hydrogens is 406 g/mol. The highest BCUT2D eigenvalue weighted by molar-refractivity contribution is 7.22. The van der Waals surface area contributed by atoms with Crippen molar-refractivity contribution < 1.29 is 9.53 Å². The van der Waals surface area contributed by atoms with E-state index in [4.69, 9.17) is 9.72 Å². The number of carbonyl (C=O) groups is 1. The van der Waals surface area contributed by atoms with E-state index in [1.807, 2.05) is 29.2 Å². The number of thiazole rings is 1. The van der Waals surface area contributed by atoms with Gasteiger partial charge in [-0.3, -0.25) is 4.79 Å². The molecule has 3 aromatic rings. The molecule has 0 radical (unpaired) electrons. The van der Waals surface area contributed by atoms with Crippen molar-refractivity contribution in [2.75, 3.05) is 37.7 Å². The molecule has 0 aliphatic carbocycles. The Morgan fingerprint density at radius 1 is 1.06 bits per heavy atom. The van der Waals surface area contributed by atoms with E-state index in [-0.39, 0.29) is 5.91 Å². The lowest BCUT2D eigenvalue weighted by atomic mass is 10.1. The van der Waals surface area contributed by atoms with E-state index in [2.05, 4.69) is 37.8 Å². The van der Waals surface area contributed by atoms with Gasteiger partial charge in [0.1, 0.15) is 5.75 Å². The second-order valence-corrected chi connectivity index (χ2v) is 9.27. The summed E-state index contributed by atoms with van der Waals surface area (Å²) in [5.41, 5.74) is 4.34. The number of hydrogen-bond donors (Lipinski definition) is 0.